The fourth-order valence-electron chi connectivity index (χ4n) is 3.21. The van der Waals surface area contributed by atoms with Gasteiger partial charge in [0, 0.05) is 13.1 Å². The average molecular weight is 275 g/mol. The fraction of sp³-hybridized carbons (Fsp3) is 1.00. The van der Waals surface area contributed by atoms with Crippen LogP contribution in [0.4, 0.5) is 0 Å². The van der Waals surface area contributed by atoms with Crippen LogP contribution in [0.25, 0.3) is 0 Å². The van der Waals surface area contributed by atoms with E-state index in [1.807, 2.05) is 0 Å². The number of nitrogens with zero attached hydrogens (tertiary/aromatic N) is 1. The molecular formula is C14H29NO2S. The highest BCUT2D eigenvalue weighted by molar-refractivity contribution is 7.89. The molecule has 108 valence electrons. The van der Waals surface area contributed by atoms with E-state index in [9.17, 15) is 8.42 Å². The second kappa shape index (κ2) is 5.49. The molecule has 1 heterocycles. The summed E-state index contributed by atoms with van der Waals surface area (Å²) in [6, 6.07) is 0. The lowest BCUT2D eigenvalue weighted by Crippen LogP contribution is -2.41. The molecular weight excluding hydrogens is 246 g/mol. The highest BCUT2D eigenvalue weighted by Crippen LogP contribution is 2.35. The van der Waals surface area contributed by atoms with Crippen LogP contribution >= 0.6 is 0 Å². The first-order chi connectivity index (χ1) is 8.02. The van der Waals surface area contributed by atoms with E-state index in [0.717, 1.165) is 25.7 Å². The summed E-state index contributed by atoms with van der Waals surface area (Å²) in [4.78, 5) is 0. The van der Waals surface area contributed by atoms with Gasteiger partial charge in [0.25, 0.3) is 0 Å². The van der Waals surface area contributed by atoms with Crippen molar-refractivity contribution in [2.45, 2.75) is 60.3 Å². The molecule has 0 bridgehead atoms. The summed E-state index contributed by atoms with van der Waals surface area (Å²) in [6.45, 7) is 12.1. The van der Waals surface area contributed by atoms with Crippen LogP contribution in [-0.4, -0.2) is 31.6 Å². The third-order valence-electron chi connectivity index (χ3n) is 3.29. The lowest BCUT2D eigenvalue weighted by Gasteiger charge is -2.35. The van der Waals surface area contributed by atoms with Gasteiger partial charge in [0.15, 0.2) is 0 Å². The molecule has 0 aliphatic carbocycles. The quantitative estimate of drug-likeness (QED) is 0.789. The lowest BCUT2D eigenvalue weighted by atomic mass is 9.77. The minimum atomic E-state index is -3.08. The first-order valence-electron chi connectivity index (χ1n) is 7.00. The topological polar surface area (TPSA) is 37.4 Å². The number of rotatable bonds is 4. The Balaban J connectivity index is 2.69. The minimum absolute atomic E-state index is 0.158. The smallest absolute Gasteiger partial charge is 0.212 e. The highest BCUT2D eigenvalue weighted by Gasteiger charge is 2.34. The Morgan fingerprint density at radius 1 is 0.944 bits per heavy atom. The molecule has 18 heavy (non-hydrogen) atoms. The molecule has 4 heteroatoms. The predicted octanol–water partition coefficient (Wildman–Crippen LogP) is 3.26. The SMILES string of the molecule is CC(C)(C)CC(C)(C)CS(=O)(=O)N1CCCCC1. The number of hydrogen-bond donors (Lipinski definition) is 0. The summed E-state index contributed by atoms with van der Waals surface area (Å²) in [7, 11) is -3.08. The second-order valence-electron chi connectivity index (χ2n) is 7.62. The van der Waals surface area contributed by atoms with Gasteiger partial charge in [-0.2, -0.15) is 0 Å². The van der Waals surface area contributed by atoms with Crippen molar-refractivity contribution < 1.29 is 8.42 Å². The Labute approximate surface area is 113 Å². The molecule has 0 spiro atoms. The monoisotopic (exact) mass is 275 g/mol. The second-order valence-corrected chi connectivity index (χ2v) is 9.59. The normalized spacial score (nSPS) is 20.1. The van der Waals surface area contributed by atoms with E-state index in [1.54, 1.807) is 4.31 Å². The first kappa shape index (κ1) is 16.0. The lowest BCUT2D eigenvalue weighted by molar-refractivity contribution is 0.231. The average Bonchev–Trinajstić information content (AvgIpc) is 2.13. The zero-order valence-corrected chi connectivity index (χ0v) is 13.4. The van der Waals surface area contributed by atoms with E-state index in [2.05, 4.69) is 34.6 Å². The first-order valence-corrected chi connectivity index (χ1v) is 8.61. The third-order valence-corrected chi connectivity index (χ3v) is 5.59. The molecule has 1 rings (SSSR count). The molecule has 0 radical (unpaired) electrons. The van der Waals surface area contributed by atoms with Crippen LogP contribution in [-0.2, 0) is 10.0 Å². The van der Waals surface area contributed by atoms with E-state index in [1.165, 1.54) is 0 Å². The molecule has 1 aliphatic rings. The van der Waals surface area contributed by atoms with Crippen molar-refractivity contribution in [1.29, 1.82) is 0 Å². The van der Waals surface area contributed by atoms with Crippen LogP contribution in [0, 0.1) is 10.8 Å². The molecule has 1 aliphatic heterocycles. The van der Waals surface area contributed by atoms with Gasteiger partial charge in [-0.15, -0.1) is 0 Å². The molecule has 0 aromatic heterocycles. The summed E-state index contributed by atoms with van der Waals surface area (Å²) in [5.41, 5.74) is 0.00937. The van der Waals surface area contributed by atoms with Crippen LogP contribution in [0.15, 0.2) is 0 Å². The van der Waals surface area contributed by atoms with Crippen LogP contribution in [0.5, 0.6) is 0 Å². The van der Waals surface area contributed by atoms with Gasteiger partial charge < -0.3 is 0 Å². The van der Waals surface area contributed by atoms with Crippen molar-refractivity contribution in [2.75, 3.05) is 18.8 Å². The summed E-state index contributed by atoms with van der Waals surface area (Å²) in [6.07, 6.45) is 4.11. The van der Waals surface area contributed by atoms with Gasteiger partial charge in [-0.25, -0.2) is 12.7 Å². The van der Waals surface area contributed by atoms with Gasteiger partial charge in [0.05, 0.1) is 5.75 Å². The Hall–Kier alpha value is -0.0900. The van der Waals surface area contributed by atoms with E-state index in [-0.39, 0.29) is 16.6 Å². The van der Waals surface area contributed by atoms with E-state index >= 15 is 0 Å². The Morgan fingerprint density at radius 3 is 1.89 bits per heavy atom. The molecule has 1 saturated heterocycles. The Kier molecular flexibility index (Phi) is 4.87. The Bertz CT molecular complexity index is 360. The van der Waals surface area contributed by atoms with Gasteiger partial charge in [-0.05, 0) is 30.1 Å². The maximum atomic E-state index is 12.4. The van der Waals surface area contributed by atoms with Gasteiger partial charge in [-0.3, -0.25) is 0 Å². The van der Waals surface area contributed by atoms with Crippen LogP contribution in [0.2, 0.25) is 0 Å². The summed E-state index contributed by atoms with van der Waals surface area (Å²) < 4.78 is 26.5. The summed E-state index contributed by atoms with van der Waals surface area (Å²) >= 11 is 0. The van der Waals surface area contributed by atoms with Gasteiger partial charge in [0.2, 0.25) is 10.0 Å². The number of piperidine rings is 1. The van der Waals surface area contributed by atoms with Gasteiger partial charge in [-0.1, -0.05) is 41.0 Å². The molecule has 0 N–H and O–H groups in total. The molecule has 0 aromatic rings. The highest BCUT2D eigenvalue weighted by atomic mass is 32.2. The van der Waals surface area contributed by atoms with Crippen LogP contribution in [0.1, 0.15) is 60.3 Å². The zero-order valence-electron chi connectivity index (χ0n) is 12.6. The summed E-state index contributed by atoms with van der Waals surface area (Å²) in [5, 5.41) is 0. The Morgan fingerprint density at radius 2 is 1.44 bits per heavy atom. The predicted molar refractivity (Wildman–Crippen MR) is 77.1 cm³/mol. The maximum absolute atomic E-state index is 12.4. The van der Waals surface area contributed by atoms with Crippen molar-refractivity contribution in [1.82, 2.24) is 4.31 Å². The van der Waals surface area contributed by atoms with Crippen molar-refractivity contribution >= 4 is 10.0 Å². The summed E-state index contributed by atoms with van der Waals surface area (Å²) in [5.74, 6) is 0.275. The largest absolute Gasteiger partial charge is 0.214 e. The van der Waals surface area contributed by atoms with Crippen molar-refractivity contribution in [3.05, 3.63) is 0 Å². The maximum Gasteiger partial charge on any atom is 0.214 e. The van der Waals surface area contributed by atoms with Gasteiger partial charge >= 0.3 is 0 Å². The van der Waals surface area contributed by atoms with Crippen molar-refractivity contribution in [2.24, 2.45) is 10.8 Å². The van der Waals surface area contributed by atoms with Crippen LogP contribution < -0.4 is 0 Å². The number of sulfonamides is 1. The molecule has 1 fully saturated rings. The molecule has 0 atom stereocenters. The number of hydrogen-bond acceptors (Lipinski definition) is 2. The molecule has 0 amide bonds. The van der Waals surface area contributed by atoms with Gasteiger partial charge in [0.1, 0.15) is 0 Å². The molecule has 0 saturated carbocycles. The molecule has 0 aromatic carbocycles. The third kappa shape index (κ3) is 5.27. The fourth-order valence-corrected chi connectivity index (χ4v) is 5.30. The van der Waals surface area contributed by atoms with Crippen LogP contribution in [0.3, 0.4) is 0 Å². The minimum Gasteiger partial charge on any atom is -0.212 e. The van der Waals surface area contributed by atoms with E-state index in [0.29, 0.717) is 13.1 Å². The standard InChI is InChI=1S/C14H29NO2S/c1-13(2,3)11-14(4,5)12-18(16,17)15-9-7-6-8-10-15/h6-12H2,1-5H3. The van der Waals surface area contributed by atoms with E-state index < -0.39 is 10.0 Å². The zero-order chi connectivity index (χ0) is 14.0. The molecule has 3 nitrogen and oxygen atoms in total. The van der Waals surface area contributed by atoms with E-state index in [4.69, 9.17) is 0 Å². The molecule has 0 unspecified atom stereocenters. The van der Waals surface area contributed by atoms with Crippen molar-refractivity contribution in [3.63, 3.8) is 0 Å². The van der Waals surface area contributed by atoms with Crippen molar-refractivity contribution in [3.8, 4) is 0 Å².